The molecule has 0 saturated carbocycles. The number of carbonyl (C=O) groups excluding carboxylic acids is 1. The van der Waals surface area contributed by atoms with Crippen molar-refractivity contribution in [3.05, 3.63) is 29.3 Å². The summed E-state index contributed by atoms with van der Waals surface area (Å²) in [6.45, 7) is 5.85. The number of benzene rings is 1. The molecule has 0 aliphatic carbocycles. The Morgan fingerprint density at radius 2 is 1.87 bits per heavy atom. The van der Waals surface area contributed by atoms with Crippen LogP contribution in [0.15, 0.2) is 29.2 Å². The van der Waals surface area contributed by atoms with Crippen LogP contribution in [0.3, 0.4) is 0 Å². The predicted molar refractivity (Wildman–Crippen MR) is 90.8 cm³/mol. The highest BCUT2D eigenvalue weighted by Gasteiger charge is 2.25. The Hall–Kier alpha value is -1.11. The molecule has 1 aliphatic heterocycles. The molecule has 1 amide bonds. The third-order valence-electron chi connectivity index (χ3n) is 3.98. The molecule has 1 aliphatic rings. The van der Waals surface area contributed by atoms with Gasteiger partial charge in [0.2, 0.25) is 15.9 Å². The van der Waals surface area contributed by atoms with Crippen molar-refractivity contribution in [1.82, 2.24) is 9.62 Å². The number of halogens is 1. The van der Waals surface area contributed by atoms with E-state index in [0.29, 0.717) is 11.8 Å². The number of carbonyl (C=O) groups is 1. The van der Waals surface area contributed by atoms with Crippen molar-refractivity contribution < 1.29 is 13.2 Å². The molecule has 2 unspecified atom stereocenters. The highest BCUT2D eigenvalue weighted by atomic mass is 35.5. The summed E-state index contributed by atoms with van der Waals surface area (Å²) < 4.78 is 26.8. The molecule has 23 heavy (non-hydrogen) atoms. The summed E-state index contributed by atoms with van der Waals surface area (Å²) in [5.41, 5.74) is 0. The summed E-state index contributed by atoms with van der Waals surface area (Å²) in [5, 5.41) is 0.171. The molecule has 1 fully saturated rings. The van der Waals surface area contributed by atoms with E-state index in [4.69, 9.17) is 11.6 Å². The van der Waals surface area contributed by atoms with Gasteiger partial charge in [-0.1, -0.05) is 37.6 Å². The van der Waals surface area contributed by atoms with Crippen LogP contribution in [0.25, 0.3) is 0 Å². The second-order valence-electron chi connectivity index (χ2n) is 6.32. The maximum absolute atomic E-state index is 12.2. The molecular weight excluding hydrogens is 336 g/mol. The monoisotopic (exact) mass is 358 g/mol. The van der Waals surface area contributed by atoms with Crippen molar-refractivity contribution in [2.24, 2.45) is 11.8 Å². The molecule has 2 rings (SSSR count). The van der Waals surface area contributed by atoms with Gasteiger partial charge < -0.3 is 4.90 Å². The Kier molecular flexibility index (Phi) is 6.06. The van der Waals surface area contributed by atoms with Crippen molar-refractivity contribution in [2.75, 3.05) is 19.6 Å². The molecule has 5 nitrogen and oxygen atoms in total. The van der Waals surface area contributed by atoms with Crippen molar-refractivity contribution >= 4 is 27.5 Å². The molecule has 0 bridgehead atoms. The van der Waals surface area contributed by atoms with Gasteiger partial charge in [-0.05, 0) is 30.4 Å². The zero-order chi connectivity index (χ0) is 17.0. The molecule has 1 aromatic rings. The van der Waals surface area contributed by atoms with Gasteiger partial charge in [0.25, 0.3) is 0 Å². The average Bonchev–Trinajstić information content (AvgIpc) is 2.46. The van der Waals surface area contributed by atoms with E-state index in [-0.39, 0.29) is 28.8 Å². The Morgan fingerprint density at radius 3 is 2.48 bits per heavy atom. The third kappa shape index (κ3) is 4.93. The van der Waals surface area contributed by atoms with Crippen LogP contribution in [0, 0.1) is 11.8 Å². The topological polar surface area (TPSA) is 66.5 Å². The Labute approximate surface area is 143 Å². The number of nitrogens with one attached hydrogen (secondary N) is 1. The number of hydrogen-bond donors (Lipinski definition) is 1. The number of rotatable bonds is 5. The lowest BCUT2D eigenvalue weighted by atomic mass is 9.92. The van der Waals surface area contributed by atoms with Crippen LogP contribution in [0.1, 0.15) is 26.7 Å². The van der Waals surface area contributed by atoms with Gasteiger partial charge in [-0.3, -0.25) is 4.79 Å². The van der Waals surface area contributed by atoms with E-state index in [0.717, 1.165) is 19.5 Å². The van der Waals surface area contributed by atoms with Gasteiger partial charge in [0, 0.05) is 26.1 Å². The molecular formula is C16H23ClN2O3S. The molecule has 0 aromatic heterocycles. The number of piperidine rings is 1. The number of hydrogen-bond acceptors (Lipinski definition) is 3. The molecule has 128 valence electrons. The van der Waals surface area contributed by atoms with Crippen LogP contribution in [0.4, 0.5) is 0 Å². The number of amides is 1. The lowest BCUT2D eigenvalue weighted by Crippen LogP contribution is -2.43. The van der Waals surface area contributed by atoms with Crippen LogP contribution >= 0.6 is 11.6 Å². The molecule has 1 N–H and O–H groups in total. The van der Waals surface area contributed by atoms with E-state index in [1.807, 2.05) is 4.90 Å². The van der Waals surface area contributed by atoms with Crippen LogP contribution < -0.4 is 4.72 Å². The first-order valence-electron chi connectivity index (χ1n) is 7.81. The number of likely N-dealkylation sites (tertiary alicyclic amines) is 1. The zero-order valence-corrected chi connectivity index (χ0v) is 15.0. The van der Waals surface area contributed by atoms with Gasteiger partial charge in [0.05, 0.1) is 5.02 Å². The van der Waals surface area contributed by atoms with Crippen molar-refractivity contribution in [1.29, 1.82) is 0 Å². The fourth-order valence-electron chi connectivity index (χ4n) is 3.06. The van der Waals surface area contributed by atoms with Gasteiger partial charge in [-0.15, -0.1) is 0 Å². The largest absolute Gasteiger partial charge is 0.342 e. The Morgan fingerprint density at radius 1 is 1.26 bits per heavy atom. The summed E-state index contributed by atoms with van der Waals surface area (Å²) in [5.74, 6) is 0.968. The van der Waals surface area contributed by atoms with Gasteiger partial charge in [-0.25, -0.2) is 13.1 Å². The molecule has 1 heterocycles. The van der Waals surface area contributed by atoms with Gasteiger partial charge in [-0.2, -0.15) is 0 Å². The van der Waals surface area contributed by atoms with E-state index >= 15 is 0 Å². The van der Waals surface area contributed by atoms with Crippen molar-refractivity contribution in [2.45, 2.75) is 31.6 Å². The van der Waals surface area contributed by atoms with Crippen molar-refractivity contribution in [3.63, 3.8) is 0 Å². The summed E-state index contributed by atoms with van der Waals surface area (Å²) in [7, 11) is -3.69. The third-order valence-corrected chi connectivity index (χ3v) is 5.94. The highest BCUT2D eigenvalue weighted by molar-refractivity contribution is 7.89. The summed E-state index contributed by atoms with van der Waals surface area (Å²) in [6.07, 6.45) is 1.28. The first kappa shape index (κ1) is 18.2. The highest BCUT2D eigenvalue weighted by Crippen LogP contribution is 2.22. The van der Waals surface area contributed by atoms with Gasteiger partial charge in [0.1, 0.15) is 4.90 Å². The van der Waals surface area contributed by atoms with Crippen molar-refractivity contribution in [3.8, 4) is 0 Å². The van der Waals surface area contributed by atoms with Crippen LogP contribution in [0.5, 0.6) is 0 Å². The number of sulfonamides is 1. The lowest BCUT2D eigenvalue weighted by molar-refractivity contribution is -0.133. The molecule has 0 spiro atoms. The predicted octanol–water partition coefficient (Wildman–Crippen LogP) is 2.51. The first-order valence-corrected chi connectivity index (χ1v) is 9.67. The van der Waals surface area contributed by atoms with E-state index < -0.39 is 10.0 Å². The fourth-order valence-corrected chi connectivity index (χ4v) is 4.61. The van der Waals surface area contributed by atoms with E-state index in [1.165, 1.54) is 12.1 Å². The molecule has 2 atom stereocenters. The number of nitrogens with zero attached hydrogens (tertiary/aromatic N) is 1. The molecule has 1 aromatic carbocycles. The fraction of sp³-hybridized carbons (Fsp3) is 0.562. The quantitative estimate of drug-likeness (QED) is 0.879. The molecule has 0 radical (unpaired) electrons. The normalized spacial score (nSPS) is 22.1. The van der Waals surface area contributed by atoms with Crippen LogP contribution in [-0.2, 0) is 14.8 Å². The first-order chi connectivity index (χ1) is 10.8. The van der Waals surface area contributed by atoms with E-state index in [1.54, 1.807) is 12.1 Å². The minimum atomic E-state index is -3.69. The smallest absolute Gasteiger partial charge is 0.242 e. The molecule has 7 heteroatoms. The zero-order valence-electron chi connectivity index (χ0n) is 13.5. The average molecular weight is 359 g/mol. The Bertz CT molecular complexity index is 653. The lowest BCUT2D eigenvalue weighted by Gasteiger charge is -2.35. The summed E-state index contributed by atoms with van der Waals surface area (Å²) in [6, 6.07) is 6.25. The maximum atomic E-state index is 12.2. The van der Waals surface area contributed by atoms with Gasteiger partial charge >= 0.3 is 0 Å². The summed E-state index contributed by atoms with van der Waals surface area (Å²) in [4.78, 5) is 14.1. The second kappa shape index (κ2) is 7.64. The van der Waals surface area contributed by atoms with E-state index in [2.05, 4.69) is 18.6 Å². The minimum Gasteiger partial charge on any atom is -0.342 e. The van der Waals surface area contributed by atoms with E-state index in [9.17, 15) is 13.2 Å². The second-order valence-corrected chi connectivity index (χ2v) is 8.47. The standard InChI is InChI=1S/C16H23ClN2O3S/c1-12-9-13(2)11-19(10-12)16(20)7-8-18-23(21,22)15-6-4-3-5-14(15)17/h3-6,12-13,18H,7-11H2,1-2H3. The minimum absolute atomic E-state index is 0.00902. The van der Waals surface area contributed by atoms with Crippen LogP contribution in [-0.4, -0.2) is 38.9 Å². The van der Waals surface area contributed by atoms with Crippen LogP contribution in [0.2, 0.25) is 5.02 Å². The molecule has 1 saturated heterocycles. The summed E-state index contributed by atoms with van der Waals surface area (Å²) >= 11 is 5.91. The Balaban J connectivity index is 1.89. The van der Waals surface area contributed by atoms with Gasteiger partial charge in [0.15, 0.2) is 0 Å². The SMILES string of the molecule is CC1CC(C)CN(C(=O)CCNS(=O)(=O)c2ccccc2Cl)C1. The maximum Gasteiger partial charge on any atom is 0.242 e.